The van der Waals surface area contributed by atoms with Crippen molar-refractivity contribution in [3.63, 3.8) is 0 Å². The Balaban J connectivity index is 1.50. The second-order valence-electron chi connectivity index (χ2n) is 6.75. The number of benzene rings is 2. The Morgan fingerprint density at radius 3 is 2.70 bits per heavy atom. The monoisotopic (exact) mass is 462 g/mol. The van der Waals surface area contributed by atoms with Gasteiger partial charge in [0.15, 0.2) is 6.61 Å². The quantitative estimate of drug-likeness (QED) is 0.582. The van der Waals surface area contributed by atoms with Crippen LogP contribution in [0.2, 0.25) is 5.02 Å². The van der Waals surface area contributed by atoms with Crippen LogP contribution < -0.4 is 14.4 Å². The van der Waals surface area contributed by atoms with E-state index in [4.69, 9.17) is 16.3 Å². The Labute approximate surface area is 184 Å². The van der Waals surface area contributed by atoms with Gasteiger partial charge < -0.3 is 10.1 Å². The molecule has 1 N–H and O–H groups in total. The minimum Gasteiger partial charge on any atom is -0.484 e. The summed E-state index contributed by atoms with van der Waals surface area (Å²) in [5.74, 6) is 0.196. The Kier molecular flexibility index (Phi) is 5.99. The molecule has 30 heavy (non-hydrogen) atoms. The van der Waals surface area contributed by atoms with Gasteiger partial charge in [-0.15, -0.1) is 11.3 Å². The first-order valence-corrected chi connectivity index (χ1v) is 12.0. The maximum absolute atomic E-state index is 13.0. The third-order valence-electron chi connectivity index (χ3n) is 4.67. The van der Waals surface area contributed by atoms with Crippen LogP contribution in [0.4, 0.5) is 11.4 Å². The number of ether oxygens (including phenoxy) is 1. The third kappa shape index (κ3) is 4.45. The van der Waals surface area contributed by atoms with Gasteiger partial charge in [-0.3, -0.25) is 9.10 Å². The molecule has 0 aliphatic carbocycles. The van der Waals surface area contributed by atoms with Crippen molar-refractivity contribution >= 4 is 50.2 Å². The lowest BCUT2D eigenvalue weighted by Crippen LogP contribution is -2.35. The minimum absolute atomic E-state index is 0.171. The van der Waals surface area contributed by atoms with Crippen LogP contribution in [0.1, 0.15) is 12.0 Å². The number of nitrogens with one attached hydrogen (secondary N) is 1. The van der Waals surface area contributed by atoms with Gasteiger partial charge in [-0.2, -0.15) is 0 Å². The van der Waals surface area contributed by atoms with Crippen LogP contribution in [0, 0.1) is 0 Å². The van der Waals surface area contributed by atoms with Crippen LogP contribution >= 0.6 is 22.9 Å². The summed E-state index contributed by atoms with van der Waals surface area (Å²) in [7, 11) is -3.62. The summed E-state index contributed by atoms with van der Waals surface area (Å²) in [6.45, 7) is 0.236. The van der Waals surface area contributed by atoms with Crippen LogP contribution in [-0.2, 0) is 21.2 Å². The molecule has 0 spiro atoms. The van der Waals surface area contributed by atoms with E-state index >= 15 is 0 Å². The summed E-state index contributed by atoms with van der Waals surface area (Å²) in [6, 6.07) is 15.4. The zero-order chi connectivity index (χ0) is 21.1. The lowest BCUT2D eigenvalue weighted by Gasteiger charge is -2.30. The molecule has 3 aromatic rings. The van der Waals surface area contributed by atoms with Crippen molar-refractivity contribution < 1.29 is 17.9 Å². The second-order valence-corrected chi connectivity index (χ2v) is 10.2. The van der Waals surface area contributed by atoms with E-state index in [0.29, 0.717) is 32.9 Å². The minimum atomic E-state index is -3.62. The van der Waals surface area contributed by atoms with Crippen molar-refractivity contribution in [3.05, 3.63) is 70.6 Å². The number of hydrogen-bond donors (Lipinski definition) is 1. The fraction of sp³-hybridized carbons (Fsp3) is 0.190. The summed E-state index contributed by atoms with van der Waals surface area (Å²) in [4.78, 5) is 12.3. The Hall–Kier alpha value is -2.55. The van der Waals surface area contributed by atoms with E-state index in [-0.39, 0.29) is 12.5 Å². The number of anilines is 2. The van der Waals surface area contributed by atoms with E-state index in [9.17, 15) is 13.2 Å². The molecule has 2 heterocycles. The number of fused-ring (bicyclic) bond motifs is 1. The molecule has 0 radical (unpaired) electrons. The third-order valence-corrected chi connectivity index (χ3v) is 8.11. The van der Waals surface area contributed by atoms with Gasteiger partial charge in [-0.1, -0.05) is 23.7 Å². The van der Waals surface area contributed by atoms with E-state index in [1.165, 1.54) is 15.6 Å². The van der Waals surface area contributed by atoms with Crippen molar-refractivity contribution in [3.8, 4) is 5.75 Å². The maximum Gasteiger partial charge on any atom is 0.273 e. The molecular weight excluding hydrogens is 444 g/mol. The van der Waals surface area contributed by atoms with Gasteiger partial charge in [0.1, 0.15) is 9.96 Å². The van der Waals surface area contributed by atoms with Crippen molar-refractivity contribution in [1.29, 1.82) is 0 Å². The van der Waals surface area contributed by atoms with Crippen LogP contribution in [0.15, 0.2) is 64.2 Å². The average Bonchev–Trinajstić information content (AvgIpc) is 3.29. The number of carbonyl (C=O) groups excluding carboxylic acids is 1. The number of aryl methyl sites for hydroxylation is 1. The largest absolute Gasteiger partial charge is 0.484 e. The molecule has 4 rings (SSSR count). The van der Waals surface area contributed by atoms with Gasteiger partial charge in [0.2, 0.25) is 0 Å². The van der Waals surface area contributed by atoms with Crippen LogP contribution in [0.3, 0.4) is 0 Å². The molecule has 156 valence electrons. The van der Waals surface area contributed by atoms with Gasteiger partial charge in [-0.05, 0) is 66.2 Å². The van der Waals surface area contributed by atoms with Gasteiger partial charge in [0.05, 0.1) is 5.69 Å². The number of thiophene rings is 1. The van der Waals surface area contributed by atoms with Crippen molar-refractivity contribution in [1.82, 2.24) is 0 Å². The zero-order valence-corrected chi connectivity index (χ0v) is 18.3. The highest BCUT2D eigenvalue weighted by molar-refractivity contribution is 7.94. The number of halogens is 1. The average molecular weight is 463 g/mol. The SMILES string of the molecule is O=C(COc1ccc(Cl)cc1)Nc1ccc2c(c1)N(S(=O)(=O)c1cccs1)CCC2. The fourth-order valence-corrected chi connectivity index (χ4v) is 6.03. The smallest absolute Gasteiger partial charge is 0.273 e. The van der Waals surface area contributed by atoms with Crippen molar-refractivity contribution in [2.24, 2.45) is 0 Å². The highest BCUT2D eigenvalue weighted by Gasteiger charge is 2.30. The van der Waals surface area contributed by atoms with Crippen molar-refractivity contribution in [2.75, 3.05) is 22.8 Å². The first-order valence-electron chi connectivity index (χ1n) is 9.31. The van der Waals surface area contributed by atoms with E-state index in [0.717, 1.165) is 18.4 Å². The summed E-state index contributed by atoms with van der Waals surface area (Å²) in [5, 5.41) is 5.10. The first-order chi connectivity index (χ1) is 14.4. The predicted molar refractivity (Wildman–Crippen MR) is 119 cm³/mol. The Morgan fingerprint density at radius 1 is 1.17 bits per heavy atom. The highest BCUT2D eigenvalue weighted by Crippen LogP contribution is 2.35. The summed E-state index contributed by atoms with van der Waals surface area (Å²) >= 11 is 7.03. The molecule has 0 fully saturated rings. The maximum atomic E-state index is 13.0. The number of rotatable bonds is 6. The molecule has 1 aromatic heterocycles. The first kappa shape index (κ1) is 20.7. The molecule has 2 aromatic carbocycles. The molecule has 0 unspecified atom stereocenters. The molecule has 1 aliphatic heterocycles. The Morgan fingerprint density at radius 2 is 1.97 bits per heavy atom. The van der Waals surface area contributed by atoms with E-state index in [1.54, 1.807) is 53.9 Å². The molecule has 0 bridgehead atoms. The molecular formula is C21H19ClN2O4S2. The molecule has 6 nitrogen and oxygen atoms in total. The van der Waals surface area contributed by atoms with Gasteiger partial charge >= 0.3 is 0 Å². The predicted octanol–water partition coefficient (Wildman–Crippen LogP) is 4.56. The van der Waals surface area contributed by atoms with E-state index in [1.807, 2.05) is 6.07 Å². The van der Waals surface area contributed by atoms with Crippen LogP contribution in [0.25, 0.3) is 0 Å². The van der Waals surface area contributed by atoms with E-state index < -0.39 is 10.0 Å². The molecule has 0 atom stereocenters. The van der Waals surface area contributed by atoms with Gasteiger partial charge in [0, 0.05) is 17.3 Å². The zero-order valence-electron chi connectivity index (χ0n) is 15.9. The molecule has 1 aliphatic rings. The normalized spacial score (nSPS) is 13.6. The molecule has 0 saturated heterocycles. The van der Waals surface area contributed by atoms with Gasteiger partial charge in [-0.25, -0.2) is 8.42 Å². The van der Waals surface area contributed by atoms with E-state index in [2.05, 4.69) is 5.32 Å². The molecule has 9 heteroatoms. The van der Waals surface area contributed by atoms with Gasteiger partial charge in [0.25, 0.3) is 15.9 Å². The summed E-state index contributed by atoms with van der Waals surface area (Å²) in [6.07, 6.45) is 1.54. The highest BCUT2D eigenvalue weighted by atomic mass is 35.5. The lowest BCUT2D eigenvalue weighted by molar-refractivity contribution is -0.118. The van der Waals surface area contributed by atoms with Crippen LogP contribution in [-0.4, -0.2) is 27.5 Å². The van der Waals surface area contributed by atoms with Crippen molar-refractivity contribution in [2.45, 2.75) is 17.1 Å². The number of hydrogen-bond acceptors (Lipinski definition) is 5. The number of sulfonamides is 1. The topological polar surface area (TPSA) is 75.7 Å². The number of carbonyl (C=O) groups is 1. The number of amides is 1. The Bertz CT molecular complexity index is 1150. The molecule has 1 amide bonds. The summed E-state index contributed by atoms with van der Waals surface area (Å²) < 4.78 is 33.3. The standard InChI is InChI=1S/C21H19ClN2O4S2/c22-16-6-9-18(10-7-16)28-14-20(25)23-17-8-5-15-3-1-11-24(19(15)13-17)30(26,27)21-4-2-12-29-21/h2,4-10,12-13H,1,3,11,14H2,(H,23,25). The number of nitrogens with zero attached hydrogens (tertiary/aromatic N) is 1. The lowest BCUT2D eigenvalue weighted by atomic mass is 10.0. The molecule has 0 saturated carbocycles. The second kappa shape index (κ2) is 8.67. The summed E-state index contributed by atoms with van der Waals surface area (Å²) in [5.41, 5.74) is 2.06. The van der Waals surface area contributed by atoms with Crippen LogP contribution in [0.5, 0.6) is 5.75 Å². The fourth-order valence-electron chi connectivity index (χ4n) is 3.26.